The van der Waals surface area contributed by atoms with Crippen LogP contribution in [0.1, 0.15) is 26.2 Å². The number of unbranched alkanes of at least 4 members (excludes halogenated alkanes) is 1. The Balaban J connectivity index is 4.55. The summed E-state index contributed by atoms with van der Waals surface area (Å²) in [4.78, 5) is 11.1. The Kier molecular flexibility index (Phi) is 9.51. The van der Waals surface area contributed by atoms with Crippen LogP contribution in [0.25, 0.3) is 0 Å². The van der Waals surface area contributed by atoms with Gasteiger partial charge < -0.3 is 18.1 Å². The average Bonchev–Trinajstić information content (AvgIpc) is 2.37. The first-order chi connectivity index (χ1) is 11.1. The van der Waals surface area contributed by atoms with Crippen molar-refractivity contribution >= 4 is 31.2 Å². The van der Waals surface area contributed by atoms with Crippen molar-refractivity contribution in [2.75, 3.05) is 6.61 Å². The van der Waals surface area contributed by atoms with Crippen LogP contribution in [0.4, 0.5) is 0 Å². The first-order valence-corrected chi connectivity index (χ1v) is 18.3. The zero-order valence-corrected chi connectivity index (χ0v) is 20.4. The van der Waals surface area contributed by atoms with Gasteiger partial charge in [-0.2, -0.15) is 0 Å². The van der Waals surface area contributed by atoms with Crippen molar-refractivity contribution in [3.63, 3.8) is 0 Å². The van der Waals surface area contributed by atoms with Crippen molar-refractivity contribution < 1.29 is 22.9 Å². The second-order valence-corrected chi connectivity index (χ2v) is 21.9. The van der Waals surface area contributed by atoms with E-state index in [4.69, 9.17) is 13.0 Å². The van der Waals surface area contributed by atoms with Crippen LogP contribution in [0.3, 0.4) is 0 Å². The highest BCUT2D eigenvalue weighted by Gasteiger charge is 2.39. The molecule has 0 heterocycles. The summed E-state index contributed by atoms with van der Waals surface area (Å²) in [6, 6.07) is 0.921. The number of hydrogen-bond donors (Lipinski definition) is 1. The fourth-order valence-corrected chi connectivity index (χ4v) is 15.3. The third kappa shape index (κ3) is 13.6. The monoisotopic (exact) mass is 406 g/mol. The third-order valence-electron chi connectivity index (χ3n) is 3.33. The Labute approximate surface area is 157 Å². The van der Waals surface area contributed by atoms with Gasteiger partial charge in [0.05, 0.1) is 5.60 Å². The van der Waals surface area contributed by atoms with Crippen molar-refractivity contribution in [3.8, 4) is 0 Å². The van der Waals surface area contributed by atoms with Gasteiger partial charge in [-0.3, -0.25) is 0 Å². The van der Waals surface area contributed by atoms with E-state index in [1.807, 2.05) is 0 Å². The van der Waals surface area contributed by atoms with Gasteiger partial charge in [0, 0.05) is 6.08 Å². The number of ether oxygens (including phenoxy) is 1. The fraction of sp³-hybridized carbons (Fsp3) is 0.824. The molecule has 0 saturated heterocycles. The van der Waals surface area contributed by atoms with Crippen LogP contribution in [0.2, 0.25) is 51.9 Å². The topological polar surface area (TPSA) is 65.0 Å². The van der Waals surface area contributed by atoms with E-state index in [2.05, 4.69) is 52.4 Å². The molecule has 0 rings (SSSR count). The first-order valence-electron chi connectivity index (χ1n) is 8.99. The molecule has 0 aliphatic heterocycles. The maximum Gasteiger partial charge on any atom is 0.330 e. The minimum atomic E-state index is -2.22. The third-order valence-corrected chi connectivity index (χ3v) is 12.9. The Morgan fingerprint density at radius 3 is 1.92 bits per heavy atom. The lowest BCUT2D eigenvalue weighted by atomic mass is 10.0. The highest BCUT2D eigenvalue weighted by molar-refractivity contribution is 6.87. The van der Waals surface area contributed by atoms with Crippen LogP contribution in [0, 0.1) is 0 Å². The van der Waals surface area contributed by atoms with Crippen molar-refractivity contribution in [2.45, 2.75) is 83.7 Å². The van der Waals surface area contributed by atoms with Gasteiger partial charge >= 0.3 is 14.5 Å². The summed E-state index contributed by atoms with van der Waals surface area (Å²) in [5.74, 6) is -0.507. The second-order valence-electron chi connectivity index (χ2n) is 9.08. The molecule has 1 N–H and O–H groups in total. The molecule has 0 radical (unpaired) electrons. The Bertz CT molecular complexity index is 423. The summed E-state index contributed by atoms with van der Waals surface area (Å²) in [5.41, 5.74) is -1.02. The van der Waals surface area contributed by atoms with E-state index in [0.29, 0.717) is 6.42 Å². The number of rotatable bonds is 12. The molecule has 1 unspecified atom stereocenters. The zero-order chi connectivity index (χ0) is 19.9. The Morgan fingerprint density at radius 2 is 1.52 bits per heavy atom. The molecule has 0 amide bonds. The highest BCUT2D eigenvalue weighted by atomic mass is 28.5. The number of carbonyl (C=O) groups is 1. The molecule has 0 saturated carbocycles. The van der Waals surface area contributed by atoms with Gasteiger partial charge in [-0.1, -0.05) is 19.4 Å². The Hall–Kier alpha value is -0.259. The zero-order valence-electron chi connectivity index (χ0n) is 17.4. The SMILES string of the molecule is C=CC(=O)OCC(C)(O)CCCC[Si](C)(O[Si](C)(C)C)O[Si](C)(C)C. The number of aliphatic hydroxyl groups is 1. The van der Waals surface area contributed by atoms with Crippen molar-refractivity contribution in [1.29, 1.82) is 0 Å². The van der Waals surface area contributed by atoms with Gasteiger partial charge in [0.15, 0.2) is 16.6 Å². The molecule has 0 aliphatic rings. The molecule has 0 spiro atoms. The van der Waals surface area contributed by atoms with Gasteiger partial charge in [-0.25, -0.2) is 4.79 Å². The Morgan fingerprint density at radius 1 is 1.04 bits per heavy atom. The summed E-state index contributed by atoms with van der Waals surface area (Å²) in [6.45, 7) is 20.4. The van der Waals surface area contributed by atoms with Gasteiger partial charge in [0.1, 0.15) is 6.61 Å². The van der Waals surface area contributed by atoms with Gasteiger partial charge in [0.2, 0.25) is 0 Å². The summed E-state index contributed by atoms with van der Waals surface area (Å²) >= 11 is 0. The summed E-state index contributed by atoms with van der Waals surface area (Å²) in [6.07, 6.45) is 3.45. The van der Waals surface area contributed by atoms with Gasteiger partial charge in [-0.05, 0) is 65.2 Å². The van der Waals surface area contributed by atoms with Crippen LogP contribution in [-0.2, 0) is 17.8 Å². The molecule has 0 bridgehead atoms. The summed E-state index contributed by atoms with van der Waals surface area (Å²) in [7, 11) is -5.57. The number of esters is 1. The molecule has 0 aromatic rings. The maximum atomic E-state index is 11.1. The molecule has 0 aromatic carbocycles. The van der Waals surface area contributed by atoms with Crippen molar-refractivity contribution in [2.24, 2.45) is 0 Å². The smallest absolute Gasteiger partial charge is 0.330 e. The standard InChI is InChI=1S/C17H38O5Si3/c1-10-16(18)20-15-17(2,19)13-11-12-14-25(9,21-23(3,4)5)22-24(6,7)8/h10,19H,1,11-15H2,2-9H3. The molecule has 0 aromatic heterocycles. The largest absolute Gasteiger partial charge is 0.459 e. The highest BCUT2D eigenvalue weighted by Crippen LogP contribution is 2.27. The van der Waals surface area contributed by atoms with Crippen LogP contribution in [-0.4, -0.2) is 48.5 Å². The van der Waals surface area contributed by atoms with E-state index in [1.54, 1.807) is 6.92 Å². The van der Waals surface area contributed by atoms with Crippen LogP contribution < -0.4 is 0 Å². The molecule has 1 atom stereocenters. The molecule has 0 fully saturated rings. The lowest BCUT2D eigenvalue weighted by Gasteiger charge is -2.38. The van der Waals surface area contributed by atoms with Crippen LogP contribution in [0.15, 0.2) is 12.7 Å². The molecular formula is C17H38O5Si3. The van der Waals surface area contributed by atoms with E-state index in [1.165, 1.54) is 0 Å². The van der Waals surface area contributed by atoms with E-state index in [9.17, 15) is 9.90 Å². The molecule has 148 valence electrons. The normalized spacial score (nSPS) is 15.6. The van der Waals surface area contributed by atoms with Crippen LogP contribution >= 0.6 is 0 Å². The van der Waals surface area contributed by atoms with Crippen molar-refractivity contribution in [3.05, 3.63) is 12.7 Å². The molecule has 25 heavy (non-hydrogen) atoms. The van der Waals surface area contributed by atoms with Crippen LogP contribution in [0.5, 0.6) is 0 Å². The minimum absolute atomic E-state index is 0.0106. The number of hydrogen-bond acceptors (Lipinski definition) is 5. The lowest BCUT2D eigenvalue weighted by Crippen LogP contribution is -2.52. The quantitative estimate of drug-likeness (QED) is 0.225. The van der Waals surface area contributed by atoms with E-state index < -0.39 is 36.8 Å². The van der Waals surface area contributed by atoms with Gasteiger partial charge in [0.25, 0.3) is 0 Å². The fourth-order valence-electron chi connectivity index (χ4n) is 2.73. The predicted molar refractivity (Wildman–Crippen MR) is 111 cm³/mol. The van der Waals surface area contributed by atoms with E-state index in [0.717, 1.165) is 25.0 Å². The van der Waals surface area contributed by atoms with Gasteiger partial charge in [-0.15, -0.1) is 0 Å². The molecular weight excluding hydrogens is 368 g/mol. The number of carbonyl (C=O) groups excluding carboxylic acids is 1. The summed E-state index contributed by atoms with van der Waals surface area (Å²) < 4.78 is 17.9. The molecule has 0 aliphatic carbocycles. The molecule has 5 nitrogen and oxygen atoms in total. The minimum Gasteiger partial charge on any atom is -0.459 e. The van der Waals surface area contributed by atoms with E-state index in [-0.39, 0.29) is 6.61 Å². The average molecular weight is 407 g/mol. The predicted octanol–water partition coefficient (Wildman–Crippen LogP) is 4.41. The summed E-state index contributed by atoms with van der Waals surface area (Å²) in [5, 5.41) is 10.3. The second kappa shape index (κ2) is 9.61. The van der Waals surface area contributed by atoms with Crippen molar-refractivity contribution in [1.82, 2.24) is 0 Å². The first kappa shape index (κ1) is 24.7. The lowest BCUT2D eigenvalue weighted by molar-refractivity contribution is -0.145. The molecule has 8 heteroatoms. The van der Waals surface area contributed by atoms with E-state index >= 15 is 0 Å². The maximum absolute atomic E-state index is 11.1.